The Balaban J connectivity index is 1.94. The van der Waals surface area contributed by atoms with E-state index in [0.29, 0.717) is 5.69 Å². The zero-order valence-electron chi connectivity index (χ0n) is 8.81. The van der Waals surface area contributed by atoms with E-state index in [1.165, 1.54) is 11.3 Å². The Hall–Kier alpha value is -1.02. The molecule has 0 aromatic carbocycles. The van der Waals surface area contributed by atoms with Crippen molar-refractivity contribution < 1.29 is 9.53 Å². The van der Waals surface area contributed by atoms with Gasteiger partial charge in [0.05, 0.1) is 19.8 Å². The second-order valence-corrected chi connectivity index (χ2v) is 4.43. The molecule has 1 aliphatic heterocycles. The van der Waals surface area contributed by atoms with E-state index in [1.54, 1.807) is 5.38 Å². The number of hydrogen-bond donors (Lipinski definition) is 2. The largest absolute Gasteiger partial charge is 0.379 e. The summed E-state index contributed by atoms with van der Waals surface area (Å²) in [6.07, 6.45) is 0. The number of carbonyl (C=O) groups excluding carboxylic acids is 1. The molecule has 1 aromatic heterocycles. The number of aromatic nitrogens is 1. The molecule has 6 nitrogen and oxygen atoms in total. The van der Waals surface area contributed by atoms with Crippen LogP contribution in [0, 0.1) is 0 Å². The lowest BCUT2D eigenvalue weighted by Gasteiger charge is -2.25. The highest BCUT2D eigenvalue weighted by Gasteiger charge is 2.14. The van der Waals surface area contributed by atoms with Crippen molar-refractivity contribution in [2.75, 3.05) is 26.3 Å². The molecule has 1 amide bonds. The van der Waals surface area contributed by atoms with Crippen molar-refractivity contribution in [2.24, 2.45) is 5.84 Å². The maximum atomic E-state index is 11.2. The van der Waals surface area contributed by atoms with E-state index in [1.807, 2.05) is 0 Å². The van der Waals surface area contributed by atoms with Gasteiger partial charge in [-0.15, -0.1) is 11.3 Å². The minimum Gasteiger partial charge on any atom is -0.379 e. The molecule has 0 atom stereocenters. The van der Waals surface area contributed by atoms with Gasteiger partial charge >= 0.3 is 0 Å². The Kier molecular flexibility index (Phi) is 3.83. The second kappa shape index (κ2) is 5.35. The van der Waals surface area contributed by atoms with Crippen LogP contribution < -0.4 is 11.3 Å². The monoisotopic (exact) mass is 242 g/mol. The Morgan fingerprint density at radius 1 is 1.62 bits per heavy atom. The molecule has 1 aromatic rings. The molecular weight excluding hydrogens is 228 g/mol. The van der Waals surface area contributed by atoms with E-state index in [2.05, 4.69) is 15.3 Å². The van der Waals surface area contributed by atoms with E-state index in [-0.39, 0.29) is 5.91 Å². The summed E-state index contributed by atoms with van der Waals surface area (Å²) in [4.78, 5) is 17.7. The third-order valence-corrected chi connectivity index (χ3v) is 3.21. The van der Waals surface area contributed by atoms with E-state index < -0.39 is 0 Å². The number of ether oxygens (including phenoxy) is 1. The average molecular weight is 242 g/mol. The van der Waals surface area contributed by atoms with Gasteiger partial charge in [0.25, 0.3) is 5.91 Å². The van der Waals surface area contributed by atoms with Crippen LogP contribution in [0.2, 0.25) is 0 Å². The van der Waals surface area contributed by atoms with Crippen LogP contribution in [0.15, 0.2) is 5.38 Å². The van der Waals surface area contributed by atoms with Gasteiger partial charge in [0.15, 0.2) is 0 Å². The second-order valence-electron chi connectivity index (χ2n) is 3.49. The van der Waals surface area contributed by atoms with Crippen LogP contribution in [0.3, 0.4) is 0 Å². The molecule has 1 saturated heterocycles. The lowest BCUT2D eigenvalue weighted by atomic mass is 10.4. The SMILES string of the molecule is NNC(=O)c1csc(CN2CCOCC2)n1. The molecule has 1 aliphatic rings. The van der Waals surface area contributed by atoms with Crippen molar-refractivity contribution >= 4 is 17.2 Å². The van der Waals surface area contributed by atoms with Gasteiger partial charge in [0, 0.05) is 18.5 Å². The molecule has 0 spiro atoms. The lowest BCUT2D eigenvalue weighted by Crippen LogP contribution is -2.35. The molecule has 3 N–H and O–H groups in total. The van der Waals surface area contributed by atoms with Gasteiger partial charge in [-0.1, -0.05) is 0 Å². The number of carbonyl (C=O) groups is 1. The van der Waals surface area contributed by atoms with Gasteiger partial charge in [0.2, 0.25) is 0 Å². The minimum atomic E-state index is -0.343. The van der Waals surface area contributed by atoms with Crippen molar-refractivity contribution in [3.63, 3.8) is 0 Å². The number of rotatable bonds is 3. The zero-order valence-corrected chi connectivity index (χ0v) is 9.63. The molecule has 88 valence electrons. The Morgan fingerprint density at radius 2 is 2.38 bits per heavy atom. The maximum absolute atomic E-state index is 11.2. The highest BCUT2D eigenvalue weighted by molar-refractivity contribution is 7.09. The highest BCUT2D eigenvalue weighted by Crippen LogP contribution is 2.13. The van der Waals surface area contributed by atoms with Gasteiger partial charge in [-0.3, -0.25) is 15.1 Å². The summed E-state index contributed by atoms with van der Waals surface area (Å²) < 4.78 is 5.26. The molecular formula is C9H14N4O2S. The quantitative estimate of drug-likeness (QED) is 0.427. The Bertz CT molecular complexity index is 362. The third-order valence-electron chi connectivity index (χ3n) is 2.38. The molecule has 0 unspecified atom stereocenters. The van der Waals surface area contributed by atoms with Crippen molar-refractivity contribution in [3.8, 4) is 0 Å². The number of nitrogens with two attached hydrogens (primary N) is 1. The van der Waals surface area contributed by atoms with E-state index in [0.717, 1.165) is 37.9 Å². The van der Waals surface area contributed by atoms with Crippen LogP contribution in [-0.2, 0) is 11.3 Å². The smallest absolute Gasteiger partial charge is 0.284 e. The Morgan fingerprint density at radius 3 is 3.06 bits per heavy atom. The zero-order chi connectivity index (χ0) is 11.4. The van der Waals surface area contributed by atoms with E-state index in [9.17, 15) is 4.79 Å². The number of nitrogens with zero attached hydrogens (tertiary/aromatic N) is 2. The summed E-state index contributed by atoms with van der Waals surface area (Å²) in [5.74, 6) is 4.69. The summed E-state index contributed by atoms with van der Waals surface area (Å²) in [6.45, 7) is 4.13. The first-order valence-corrected chi connectivity index (χ1v) is 5.93. The standard InChI is InChI=1S/C9H14N4O2S/c10-12-9(14)7-6-16-8(11-7)5-13-1-3-15-4-2-13/h6H,1-5,10H2,(H,12,14). The first-order valence-electron chi connectivity index (χ1n) is 5.05. The third kappa shape index (κ3) is 2.76. The number of hydrogen-bond acceptors (Lipinski definition) is 6. The fourth-order valence-corrected chi connectivity index (χ4v) is 2.33. The van der Waals surface area contributed by atoms with Crippen molar-refractivity contribution in [1.82, 2.24) is 15.3 Å². The van der Waals surface area contributed by atoms with Crippen LogP contribution in [0.5, 0.6) is 0 Å². The number of hydrazine groups is 1. The fraction of sp³-hybridized carbons (Fsp3) is 0.556. The first-order chi connectivity index (χ1) is 7.79. The average Bonchev–Trinajstić information content (AvgIpc) is 2.78. The number of amides is 1. The van der Waals surface area contributed by atoms with Crippen LogP contribution in [-0.4, -0.2) is 42.1 Å². The normalized spacial score (nSPS) is 17.3. The summed E-state index contributed by atoms with van der Waals surface area (Å²) in [7, 11) is 0. The predicted molar refractivity (Wildman–Crippen MR) is 59.9 cm³/mol. The molecule has 2 heterocycles. The fourth-order valence-electron chi connectivity index (χ4n) is 1.51. The highest BCUT2D eigenvalue weighted by atomic mass is 32.1. The van der Waals surface area contributed by atoms with Crippen LogP contribution in [0.25, 0.3) is 0 Å². The summed E-state index contributed by atoms with van der Waals surface area (Å²) in [5.41, 5.74) is 2.45. The van der Waals surface area contributed by atoms with Crippen LogP contribution in [0.1, 0.15) is 15.5 Å². The van der Waals surface area contributed by atoms with Crippen molar-refractivity contribution in [3.05, 3.63) is 16.1 Å². The summed E-state index contributed by atoms with van der Waals surface area (Å²) >= 11 is 1.48. The molecule has 0 saturated carbocycles. The van der Waals surface area contributed by atoms with Gasteiger partial charge < -0.3 is 4.74 Å². The molecule has 0 bridgehead atoms. The molecule has 1 fully saturated rings. The topological polar surface area (TPSA) is 80.5 Å². The number of nitrogens with one attached hydrogen (secondary N) is 1. The van der Waals surface area contributed by atoms with Gasteiger partial charge in [0.1, 0.15) is 10.7 Å². The lowest BCUT2D eigenvalue weighted by molar-refractivity contribution is 0.0341. The predicted octanol–water partition coefficient (Wildman–Crippen LogP) is -0.421. The molecule has 0 aliphatic carbocycles. The van der Waals surface area contributed by atoms with E-state index in [4.69, 9.17) is 10.6 Å². The minimum absolute atomic E-state index is 0.343. The molecule has 16 heavy (non-hydrogen) atoms. The van der Waals surface area contributed by atoms with Gasteiger partial charge in [-0.2, -0.15) is 0 Å². The summed E-state index contributed by atoms with van der Waals surface area (Å²) in [6, 6.07) is 0. The number of nitrogen functional groups attached to an aromatic ring is 1. The molecule has 2 rings (SSSR count). The first kappa shape index (κ1) is 11.5. The number of thiazole rings is 1. The van der Waals surface area contributed by atoms with Crippen LogP contribution in [0.4, 0.5) is 0 Å². The van der Waals surface area contributed by atoms with Gasteiger partial charge in [-0.25, -0.2) is 10.8 Å². The van der Waals surface area contributed by atoms with E-state index >= 15 is 0 Å². The van der Waals surface area contributed by atoms with Crippen molar-refractivity contribution in [2.45, 2.75) is 6.54 Å². The molecule has 0 radical (unpaired) electrons. The van der Waals surface area contributed by atoms with Crippen molar-refractivity contribution in [1.29, 1.82) is 0 Å². The summed E-state index contributed by atoms with van der Waals surface area (Å²) in [5, 5.41) is 2.65. The number of morpholine rings is 1. The maximum Gasteiger partial charge on any atom is 0.284 e. The Labute approximate surface area is 97.4 Å². The van der Waals surface area contributed by atoms with Gasteiger partial charge in [-0.05, 0) is 0 Å². The molecule has 7 heteroatoms. The van der Waals surface area contributed by atoms with Crippen LogP contribution >= 0.6 is 11.3 Å².